The summed E-state index contributed by atoms with van der Waals surface area (Å²) in [5.41, 5.74) is 2.76. The van der Waals surface area contributed by atoms with Crippen molar-refractivity contribution >= 4 is 57.2 Å². The number of amidine groups is 1. The number of carbonyl (C=O) groups is 1. The minimum atomic E-state index is -0.0772. The summed E-state index contributed by atoms with van der Waals surface area (Å²) in [5, 5.41) is 10.9. The van der Waals surface area contributed by atoms with Crippen LogP contribution in [0.1, 0.15) is 18.1 Å². The van der Waals surface area contributed by atoms with Gasteiger partial charge < -0.3 is 9.84 Å². The fraction of sp³-hybridized carbons (Fsp3) is 0.154. The van der Waals surface area contributed by atoms with Crippen molar-refractivity contribution in [1.29, 1.82) is 0 Å². The largest absolute Gasteiger partial charge is 0.504 e. The lowest BCUT2D eigenvalue weighted by molar-refractivity contribution is -0.122. The normalized spacial score (nSPS) is 16.1. The molecule has 0 spiro atoms. The van der Waals surface area contributed by atoms with Crippen LogP contribution in [-0.2, 0) is 11.2 Å². The van der Waals surface area contributed by atoms with Crippen LogP contribution in [-0.4, -0.2) is 34.2 Å². The Bertz CT molecular complexity index is 1200. The lowest BCUT2D eigenvalue weighted by Gasteiger charge is -2.15. The number of para-hydroxylation sites is 1. The van der Waals surface area contributed by atoms with Crippen molar-refractivity contribution < 1.29 is 14.6 Å². The Morgan fingerprint density at radius 1 is 1.09 bits per heavy atom. The van der Waals surface area contributed by atoms with Crippen molar-refractivity contribution in [3.05, 3.63) is 92.4 Å². The molecule has 1 heterocycles. The monoisotopic (exact) mass is 570 g/mol. The van der Waals surface area contributed by atoms with Crippen molar-refractivity contribution in [1.82, 2.24) is 4.90 Å². The molecular weight excluding hydrogens is 547 g/mol. The van der Waals surface area contributed by atoms with Gasteiger partial charge in [-0.1, -0.05) is 48.5 Å². The van der Waals surface area contributed by atoms with Crippen LogP contribution in [0.5, 0.6) is 11.5 Å². The van der Waals surface area contributed by atoms with Gasteiger partial charge in [0.1, 0.15) is 0 Å². The molecule has 1 amide bonds. The van der Waals surface area contributed by atoms with E-state index in [2.05, 4.69) is 34.7 Å². The summed E-state index contributed by atoms with van der Waals surface area (Å²) in [6.07, 6.45) is 2.57. The molecule has 33 heavy (non-hydrogen) atoms. The van der Waals surface area contributed by atoms with Crippen LogP contribution in [0.2, 0.25) is 0 Å². The highest BCUT2D eigenvalue weighted by atomic mass is 127. The highest BCUT2D eigenvalue weighted by Gasteiger charge is 2.33. The molecule has 3 aromatic carbocycles. The summed E-state index contributed by atoms with van der Waals surface area (Å²) in [5.74, 6) is 0.443. The number of ether oxygens (including phenoxy) is 1. The Hall–Kier alpha value is -2.78. The van der Waals surface area contributed by atoms with E-state index in [1.54, 1.807) is 11.0 Å². The molecule has 0 atom stereocenters. The number of benzene rings is 3. The van der Waals surface area contributed by atoms with Crippen LogP contribution in [0.4, 0.5) is 5.69 Å². The number of aromatic hydroxyl groups is 1. The summed E-state index contributed by atoms with van der Waals surface area (Å²) in [4.78, 5) is 20.4. The molecule has 0 saturated carbocycles. The number of aliphatic imine (C=N–C) groups is 1. The zero-order chi connectivity index (χ0) is 23.2. The topological polar surface area (TPSA) is 62.1 Å². The Morgan fingerprint density at radius 2 is 1.79 bits per heavy atom. The smallest absolute Gasteiger partial charge is 0.266 e. The Kier molecular flexibility index (Phi) is 7.72. The zero-order valence-electron chi connectivity index (χ0n) is 18.1. The summed E-state index contributed by atoms with van der Waals surface area (Å²) < 4.78 is 6.21. The van der Waals surface area contributed by atoms with Gasteiger partial charge in [0.15, 0.2) is 16.7 Å². The van der Waals surface area contributed by atoms with E-state index >= 15 is 0 Å². The van der Waals surface area contributed by atoms with Crippen LogP contribution >= 0.6 is 34.4 Å². The average Bonchev–Trinajstić information content (AvgIpc) is 3.11. The van der Waals surface area contributed by atoms with Gasteiger partial charge in [-0.05, 0) is 89.2 Å². The van der Waals surface area contributed by atoms with E-state index in [1.165, 1.54) is 17.3 Å². The van der Waals surface area contributed by atoms with Crippen LogP contribution in [0.25, 0.3) is 6.08 Å². The third-order valence-corrected chi connectivity index (χ3v) is 6.81. The molecule has 0 aliphatic carbocycles. The predicted molar refractivity (Wildman–Crippen MR) is 143 cm³/mol. The van der Waals surface area contributed by atoms with E-state index in [0.29, 0.717) is 32.5 Å². The maximum atomic E-state index is 13.4. The summed E-state index contributed by atoms with van der Waals surface area (Å²) >= 11 is 3.43. The quantitative estimate of drug-likeness (QED) is 0.270. The first-order valence-corrected chi connectivity index (χ1v) is 12.5. The van der Waals surface area contributed by atoms with Crippen LogP contribution in [0, 0.1) is 3.57 Å². The van der Waals surface area contributed by atoms with Gasteiger partial charge in [-0.3, -0.25) is 9.69 Å². The van der Waals surface area contributed by atoms with Gasteiger partial charge in [-0.15, -0.1) is 0 Å². The third kappa shape index (κ3) is 5.78. The van der Waals surface area contributed by atoms with E-state index < -0.39 is 0 Å². The lowest BCUT2D eigenvalue weighted by Crippen LogP contribution is -2.31. The average molecular weight is 570 g/mol. The van der Waals surface area contributed by atoms with E-state index in [9.17, 15) is 9.90 Å². The van der Waals surface area contributed by atoms with Gasteiger partial charge in [0.2, 0.25) is 0 Å². The molecular formula is C26H23IN2O3S. The molecule has 5 nitrogen and oxygen atoms in total. The minimum absolute atomic E-state index is 0.0772. The molecule has 1 saturated heterocycles. The second-order valence-corrected chi connectivity index (χ2v) is 9.49. The highest BCUT2D eigenvalue weighted by Crippen LogP contribution is 2.37. The molecule has 4 rings (SSSR count). The maximum Gasteiger partial charge on any atom is 0.266 e. The van der Waals surface area contributed by atoms with Gasteiger partial charge in [0.25, 0.3) is 5.91 Å². The fourth-order valence-electron chi connectivity index (χ4n) is 3.38. The second-order valence-electron chi connectivity index (χ2n) is 7.32. The minimum Gasteiger partial charge on any atom is -0.504 e. The standard InChI is InChI=1S/C26H23IN2O3S/c1-2-32-22-16-19(15-21(27)24(22)30)17-23-25(31)29(14-13-18-9-5-3-6-10-18)26(33-23)28-20-11-7-4-8-12-20/h3-12,15-17,30H,2,13-14H2,1H3/b23-17+,28-26?. The molecule has 1 fully saturated rings. The SMILES string of the molecule is CCOc1cc(/C=C2/SC(=Nc3ccccc3)N(CCc3ccccc3)C2=O)cc(I)c1O. The summed E-state index contributed by atoms with van der Waals surface area (Å²) in [6.45, 7) is 2.85. The number of rotatable bonds is 7. The predicted octanol–water partition coefficient (Wildman–Crippen LogP) is 6.24. The van der Waals surface area contributed by atoms with Crippen molar-refractivity contribution in [3.8, 4) is 11.5 Å². The first-order valence-electron chi connectivity index (χ1n) is 10.6. The number of thioether (sulfide) groups is 1. The fourth-order valence-corrected chi connectivity index (χ4v) is 5.03. The van der Waals surface area contributed by atoms with E-state index in [1.807, 2.05) is 67.6 Å². The van der Waals surface area contributed by atoms with Crippen molar-refractivity contribution in [2.45, 2.75) is 13.3 Å². The van der Waals surface area contributed by atoms with Gasteiger partial charge in [0.05, 0.1) is 20.8 Å². The number of hydrogen-bond donors (Lipinski definition) is 1. The van der Waals surface area contributed by atoms with E-state index in [0.717, 1.165) is 17.7 Å². The third-order valence-electron chi connectivity index (χ3n) is 4.98. The molecule has 1 aliphatic heterocycles. The number of halogens is 1. The number of phenols is 1. The van der Waals surface area contributed by atoms with E-state index in [4.69, 9.17) is 9.73 Å². The first-order chi connectivity index (χ1) is 16.0. The van der Waals surface area contributed by atoms with Crippen molar-refractivity contribution in [3.63, 3.8) is 0 Å². The molecule has 0 bridgehead atoms. The highest BCUT2D eigenvalue weighted by molar-refractivity contribution is 14.1. The van der Waals surface area contributed by atoms with Crippen LogP contribution in [0.3, 0.4) is 0 Å². The van der Waals surface area contributed by atoms with E-state index in [-0.39, 0.29) is 11.7 Å². The molecule has 1 aliphatic rings. The Balaban J connectivity index is 1.66. The van der Waals surface area contributed by atoms with Crippen LogP contribution in [0.15, 0.2) is 82.7 Å². The Labute approximate surface area is 211 Å². The molecule has 7 heteroatoms. The number of carbonyl (C=O) groups excluding carboxylic acids is 1. The number of nitrogens with zero attached hydrogens (tertiary/aromatic N) is 2. The molecule has 168 valence electrons. The number of phenolic OH excluding ortho intramolecular Hbond substituents is 1. The summed E-state index contributed by atoms with van der Waals surface area (Å²) in [6, 6.07) is 23.3. The van der Waals surface area contributed by atoms with Gasteiger partial charge in [-0.25, -0.2) is 4.99 Å². The van der Waals surface area contributed by atoms with Gasteiger partial charge in [-0.2, -0.15) is 0 Å². The number of amides is 1. The molecule has 0 unspecified atom stereocenters. The van der Waals surface area contributed by atoms with Crippen molar-refractivity contribution in [2.75, 3.05) is 13.2 Å². The molecule has 0 aromatic heterocycles. The lowest BCUT2D eigenvalue weighted by atomic mass is 10.1. The Morgan fingerprint density at radius 3 is 2.48 bits per heavy atom. The maximum absolute atomic E-state index is 13.4. The molecule has 1 N–H and O–H groups in total. The second kappa shape index (κ2) is 10.9. The van der Waals surface area contributed by atoms with Gasteiger partial charge >= 0.3 is 0 Å². The van der Waals surface area contributed by atoms with Crippen LogP contribution < -0.4 is 4.74 Å². The first kappa shape index (κ1) is 23.4. The summed E-state index contributed by atoms with van der Waals surface area (Å²) in [7, 11) is 0. The zero-order valence-corrected chi connectivity index (χ0v) is 21.0. The van der Waals surface area contributed by atoms with Crippen molar-refractivity contribution in [2.24, 2.45) is 4.99 Å². The molecule has 0 radical (unpaired) electrons. The number of hydrogen-bond acceptors (Lipinski definition) is 5. The molecule has 3 aromatic rings. The van der Waals surface area contributed by atoms with Gasteiger partial charge in [0, 0.05) is 6.54 Å².